The maximum absolute atomic E-state index is 9.42. The second-order valence-corrected chi connectivity index (χ2v) is 3.67. The fourth-order valence-electron chi connectivity index (χ4n) is 1.39. The van der Waals surface area contributed by atoms with Gasteiger partial charge in [0.25, 0.3) is 0 Å². The van der Waals surface area contributed by atoms with Gasteiger partial charge < -0.3 is 14.6 Å². The van der Waals surface area contributed by atoms with Gasteiger partial charge in [-0.3, -0.25) is 4.99 Å². The first-order chi connectivity index (χ1) is 8.27. The monoisotopic (exact) mass is 237 g/mol. The highest BCUT2D eigenvalue weighted by molar-refractivity contribution is 5.80. The molecule has 0 amide bonds. The van der Waals surface area contributed by atoms with E-state index in [1.54, 1.807) is 31.5 Å². The third-order valence-electron chi connectivity index (χ3n) is 2.33. The Bertz CT molecular complexity index is 364. The van der Waals surface area contributed by atoms with Gasteiger partial charge in [0.15, 0.2) is 11.5 Å². The van der Waals surface area contributed by atoms with Gasteiger partial charge >= 0.3 is 0 Å². The van der Waals surface area contributed by atoms with Crippen molar-refractivity contribution in [1.82, 2.24) is 0 Å². The highest BCUT2D eigenvalue weighted by Crippen LogP contribution is 2.25. The van der Waals surface area contributed by atoms with Crippen LogP contribution < -0.4 is 4.74 Å². The van der Waals surface area contributed by atoms with E-state index in [0.717, 1.165) is 31.6 Å². The summed E-state index contributed by atoms with van der Waals surface area (Å²) in [5, 5.41) is 9.42. The molecular weight excluding hydrogens is 218 g/mol. The lowest BCUT2D eigenvalue weighted by Gasteiger charge is -2.03. The van der Waals surface area contributed by atoms with Crippen LogP contribution in [0.3, 0.4) is 0 Å². The van der Waals surface area contributed by atoms with Crippen LogP contribution in [0.15, 0.2) is 23.2 Å². The molecule has 4 heteroatoms. The van der Waals surface area contributed by atoms with Gasteiger partial charge in [-0.05, 0) is 36.6 Å². The van der Waals surface area contributed by atoms with Crippen molar-refractivity contribution < 1.29 is 14.6 Å². The SMILES string of the molecule is COCCCCN=Cc1ccc(O)c(OC)c1. The molecule has 0 radical (unpaired) electrons. The molecule has 94 valence electrons. The molecule has 1 rings (SSSR count). The van der Waals surface area contributed by atoms with E-state index in [9.17, 15) is 5.11 Å². The van der Waals surface area contributed by atoms with E-state index >= 15 is 0 Å². The first-order valence-corrected chi connectivity index (χ1v) is 5.63. The molecule has 0 aliphatic heterocycles. The summed E-state index contributed by atoms with van der Waals surface area (Å²) in [6.07, 6.45) is 3.82. The van der Waals surface area contributed by atoms with Crippen molar-refractivity contribution in [3.63, 3.8) is 0 Å². The summed E-state index contributed by atoms with van der Waals surface area (Å²) in [5.74, 6) is 0.609. The topological polar surface area (TPSA) is 51.0 Å². The number of hydrogen-bond donors (Lipinski definition) is 1. The van der Waals surface area contributed by atoms with Crippen molar-refractivity contribution in [2.45, 2.75) is 12.8 Å². The first kappa shape index (κ1) is 13.5. The number of phenols is 1. The number of methoxy groups -OCH3 is 2. The van der Waals surface area contributed by atoms with E-state index in [0.29, 0.717) is 5.75 Å². The molecule has 17 heavy (non-hydrogen) atoms. The molecule has 4 nitrogen and oxygen atoms in total. The highest BCUT2D eigenvalue weighted by atomic mass is 16.5. The van der Waals surface area contributed by atoms with E-state index in [2.05, 4.69) is 4.99 Å². The van der Waals surface area contributed by atoms with Crippen LogP contribution in [0, 0.1) is 0 Å². The van der Waals surface area contributed by atoms with Gasteiger partial charge in [-0.1, -0.05) is 0 Å². The molecule has 0 bridgehead atoms. The smallest absolute Gasteiger partial charge is 0.161 e. The van der Waals surface area contributed by atoms with Crippen molar-refractivity contribution in [1.29, 1.82) is 0 Å². The molecule has 1 aromatic carbocycles. The number of unbranched alkanes of at least 4 members (excludes halogenated alkanes) is 1. The predicted molar refractivity (Wildman–Crippen MR) is 68.2 cm³/mol. The normalized spacial score (nSPS) is 10.9. The Morgan fingerprint density at radius 3 is 2.82 bits per heavy atom. The average molecular weight is 237 g/mol. The van der Waals surface area contributed by atoms with Crippen LogP contribution >= 0.6 is 0 Å². The minimum absolute atomic E-state index is 0.143. The van der Waals surface area contributed by atoms with Crippen LogP contribution in [-0.4, -0.2) is 38.7 Å². The van der Waals surface area contributed by atoms with Crippen molar-refractivity contribution in [3.8, 4) is 11.5 Å². The van der Waals surface area contributed by atoms with Gasteiger partial charge in [-0.2, -0.15) is 0 Å². The van der Waals surface area contributed by atoms with E-state index in [1.807, 2.05) is 0 Å². The minimum Gasteiger partial charge on any atom is -0.504 e. The molecule has 1 aromatic rings. The zero-order valence-corrected chi connectivity index (χ0v) is 10.3. The molecule has 0 saturated heterocycles. The van der Waals surface area contributed by atoms with Gasteiger partial charge in [0, 0.05) is 26.5 Å². The maximum atomic E-state index is 9.42. The van der Waals surface area contributed by atoms with E-state index in [-0.39, 0.29) is 5.75 Å². The summed E-state index contributed by atoms with van der Waals surface area (Å²) in [4.78, 5) is 4.30. The molecule has 0 aliphatic carbocycles. The summed E-state index contributed by atoms with van der Waals surface area (Å²) in [6.45, 7) is 1.56. The summed E-state index contributed by atoms with van der Waals surface area (Å²) in [7, 11) is 3.23. The summed E-state index contributed by atoms with van der Waals surface area (Å²) in [6, 6.07) is 5.16. The second kappa shape index (κ2) is 7.68. The van der Waals surface area contributed by atoms with Gasteiger partial charge in [-0.25, -0.2) is 0 Å². The zero-order valence-electron chi connectivity index (χ0n) is 10.3. The van der Waals surface area contributed by atoms with Crippen molar-refractivity contribution >= 4 is 6.21 Å². The average Bonchev–Trinajstić information content (AvgIpc) is 2.35. The number of ether oxygens (including phenoxy) is 2. The number of aliphatic imine (C=N–C) groups is 1. The Hall–Kier alpha value is -1.55. The lowest BCUT2D eigenvalue weighted by atomic mass is 10.2. The minimum atomic E-state index is 0.143. The number of nitrogens with zero attached hydrogens (tertiary/aromatic N) is 1. The van der Waals surface area contributed by atoms with Crippen molar-refractivity contribution in [3.05, 3.63) is 23.8 Å². The summed E-state index contributed by atoms with van der Waals surface area (Å²) in [5.41, 5.74) is 0.923. The first-order valence-electron chi connectivity index (χ1n) is 5.63. The fourth-order valence-corrected chi connectivity index (χ4v) is 1.39. The summed E-state index contributed by atoms with van der Waals surface area (Å²) >= 11 is 0. The third kappa shape index (κ3) is 4.87. The molecule has 0 aromatic heterocycles. The molecule has 0 aliphatic rings. The van der Waals surface area contributed by atoms with E-state index in [4.69, 9.17) is 9.47 Å². The predicted octanol–water partition coefficient (Wildman–Crippen LogP) is 2.25. The van der Waals surface area contributed by atoms with E-state index in [1.165, 1.54) is 7.11 Å². The fraction of sp³-hybridized carbons (Fsp3) is 0.462. The van der Waals surface area contributed by atoms with Crippen LogP contribution in [0.4, 0.5) is 0 Å². The lowest BCUT2D eigenvalue weighted by Crippen LogP contribution is -1.91. The number of phenolic OH excluding ortho intramolecular Hbond substituents is 1. The molecule has 0 atom stereocenters. The zero-order chi connectivity index (χ0) is 12.5. The van der Waals surface area contributed by atoms with Crippen molar-refractivity contribution in [2.75, 3.05) is 27.4 Å². The van der Waals surface area contributed by atoms with Crippen molar-refractivity contribution in [2.24, 2.45) is 4.99 Å². The second-order valence-electron chi connectivity index (χ2n) is 3.67. The standard InChI is InChI=1S/C13H19NO3/c1-16-8-4-3-7-14-10-11-5-6-12(15)13(9-11)17-2/h5-6,9-10,15H,3-4,7-8H2,1-2H3. The third-order valence-corrected chi connectivity index (χ3v) is 2.33. The molecular formula is C13H19NO3. The van der Waals surface area contributed by atoms with Gasteiger partial charge in [0.1, 0.15) is 0 Å². The van der Waals surface area contributed by atoms with Crippen LogP contribution in [0.25, 0.3) is 0 Å². The number of rotatable bonds is 7. The molecule has 0 heterocycles. The Morgan fingerprint density at radius 1 is 1.29 bits per heavy atom. The molecule has 1 N–H and O–H groups in total. The quantitative estimate of drug-likeness (QED) is 0.584. The maximum Gasteiger partial charge on any atom is 0.161 e. The largest absolute Gasteiger partial charge is 0.504 e. The Labute approximate surface area is 102 Å². The summed E-state index contributed by atoms with van der Waals surface area (Å²) < 4.78 is 9.97. The molecule has 0 saturated carbocycles. The number of hydrogen-bond acceptors (Lipinski definition) is 4. The Morgan fingerprint density at radius 2 is 2.12 bits per heavy atom. The van der Waals surface area contributed by atoms with Crippen LogP contribution in [-0.2, 0) is 4.74 Å². The van der Waals surface area contributed by atoms with E-state index < -0.39 is 0 Å². The van der Waals surface area contributed by atoms with Crippen LogP contribution in [0.1, 0.15) is 18.4 Å². The van der Waals surface area contributed by atoms with Crippen LogP contribution in [0.5, 0.6) is 11.5 Å². The molecule has 0 spiro atoms. The molecule has 0 fully saturated rings. The van der Waals surface area contributed by atoms with Crippen LogP contribution in [0.2, 0.25) is 0 Å². The number of benzene rings is 1. The number of aromatic hydroxyl groups is 1. The van der Waals surface area contributed by atoms with Gasteiger partial charge in [0.05, 0.1) is 7.11 Å². The Balaban J connectivity index is 2.42. The highest BCUT2D eigenvalue weighted by Gasteiger charge is 2.00. The lowest BCUT2D eigenvalue weighted by molar-refractivity contribution is 0.193. The molecule has 0 unspecified atom stereocenters. The van der Waals surface area contributed by atoms with Gasteiger partial charge in [-0.15, -0.1) is 0 Å². The Kier molecular flexibility index (Phi) is 6.10. The van der Waals surface area contributed by atoms with Gasteiger partial charge in [0.2, 0.25) is 0 Å².